The van der Waals surface area contributed by atoms with Crippen LogP contribution in [-0.4, -0.2) is 30.8 Å². The molecule has 1 saturated carbocycles. The monoisotopic (exact) mass is 357 g/mol. The normalized spacial score (nSPS) is 15.6. The molecule has 1 fully saturated rings. The molecule has 4 rings (SSSR count). The van der Waals surface area contributed by atoms with Crippen molar-refractivity contribution in [1.82, 2.24) is 24.7 Å². The number of fused-ring (bicyclic) bond motifs is 1. The Morgan fingerprint density at radius 1 is 1.20 bits per heavy atom. The third kappa shape index (κ3) is 3.58. The van der Waals surface area contributed by atoms with Crippen LogP contribution in [0.3, 0.4) is 0 Å². The molecule has 1 aliphatic carbocycles. The third-order valence-electron chi connectivity index (χ3n) is 4.53. The maximum atomic E-state index is 4.71. The van der Waals surface area contributed by atoms with Crippen molar-refractivity contribution in [2.24, 2.45) is 0 Å². The van der Waals surface area contributed by atoms with Gasteiger partial charge in [0.1, 0.15) is 5.52 Å². The summed E-state index contributed by atoms with van der Waals surface area (Å²) >= 11 is 1.60. The molecule has 3 aromatic rings. The Morgan fingerprint density at radius 3 is 2.80 bits per heavy atom. The Kier molecular flexibility index (Phi) is 4.52. The third-order valence-corrected chi connectivity index (χ3v) is 5.39. The van der Waals surface area contributed by atoms with E-state index in [0.29, 0.717) is 12.0 Å². The Morgan fingerprint density at radius 2 is 2.04 bits per heavy atom. The van der Waals surface area contributed by atoms with Gasteiger partial charge in [-0.3, -0.25) is 4.68 Å². The molecule has 0 amide bonds. The second-order valence-electron chi connectivity index (χ2n) is 6.47. The van der Waals surface area contributed by atoms with Gasteiger partial charge in [-0.1, -0.05) is 30.6 Å². The second kappa shape index (κ2) is 6.95. The summed E-state index contributed by atoms with van der Waals surface area (Å²) in [5.41, 5.74) is 1.77. The topological polar surface area (TPSA) is 80.5 Å². The summed E-state index contributed by atoms with van der Waals surface area (Å²) in [5, 5.41) is 12.2. The highest BCUT2D eigenvalue weighted by Crippen LogP contribution is 2.29. The van der Waals surface area contributed by atoms with Crippen LogP contribution in [0.25, 0.3) is 10.3 Å². The number of hydrogen-bond donors (Lipinski definition) is 2. The van der Waals surface area contributed by atoms with Gasteiger partial charge in [-0.05, 0) is 26.7 Å². The maximum absolute atomic E-state index is 4.71. The Hall–Kier alpha value is -2.22. The van der Waals surface area contributed by atoms with Crippen molar-refractivity contribution >= 4 is 39.1 Å². The van der Waals surface area contributed by atoms with E-state index in [4.69, 9.17) is 4.98 Å². The molecule has 0 unspecified atom stereocenters. The Balaban J connectivity index is 1.64. The van der Waals surface area contributed by atoms with Gasteiger partial charge in [0.25, 0.3) is 0 Å². The Labute approximate surface area is 150 Å². The van der Waals surface area contributed by atoms with E-state index in [1.165, 1.54) is 32.1 Å². The van der Waals surface area contributed by atoms with Crippen LogP contribution < -0.4 is 10.6 Å². The van der Waals surface area contributed by atoms with Crippen molar-refractivity contribution in [2.75, 3.05) is 10.6 Å². The number of nitrogens with zero attached hydrogens (tertiary/aromatic N) is 5. The zero-order chi connectivity index (χ0) is 17.2. The lowest BCUT2D eigenvalue weighted by molar-refractivity contribution is 0.462. The standard InChI is InChI=1S/C17H23N7S/c1-3-24-10-13(9-18-24)21-17-22-15(20-12-7-5-4-6-8-12)14-16(23-17)25-11(2)19-14/h9-10,12H,3-8H2,1-2H3,(H2,20,21,22,23). The molecule has 3 aromatic heterocycles. The summed E-state index contributed by atoms with van der Waals surface area (Å²) in [6.07, 6.45) is 10.0. The van der Waals surface area contributed by atoms with Crippen molar-refractivity contribution < 1.29 is 0 Å². The minimum atomic E-state index is 0.476. The van der Waals surface area contributed by atoms with Gasteiger partial charge in [0.05, 0.1) is 16.9 Å². The SMILES string of the molecule is CCn1cc(Nc2nc(NC3CCCCC3)c3nc(C)sc3n2)cn1. The first-order chi connectivity index (χ1) is 12.2. The second-order valence-corrected chi connectivity index (χ2v) is 7.65. The highest BCUT2D eigenvalue weighted by atomic mass is 32.1. The van der Waals surface area contributed by atoms with Crippen LogP contribution in [0.2, 0.25) is 0 Å². The fourth-order valence-corrected chi connectivity index (χ4v) is 4.04. The van der Waals surface area contributed by atoms with Crippen LogP contribution >= 0.6 is 11.3 Å². The van der Waals surface area contributed by atoms with Crippen molar-refractivity contribution in [3.63, 3.8) is 0 Å². The van der Waals surface area contributed by atoms with Crippen LogP contribution in [0.4, 0.5) is 17.5 Å². The molecule has 1 aliphatic rings. The fraction of sp³-hybridized carbons (Fsp3) is 0.529. The van der Waals surface area contributed by atoms with Crippen LogP contribution in [0.15, 0.2) is 12.4 Å². The highest BCUT2D eigenvalue weighted by molar-refractivity contribution is 7.18. The predicted octanol–water partition coefficient (Wildman–Crippen LogP) is 4.10. The van der Waals surface area contributed by atoms with Gasteiger partial charge in [-0.2, -0.15) is 15.1 Å². The molecule has 0 bridgehead atoms. The molecule has 132 valence electrons. The molecule has 0 radical (unpaired) electrons. The van der Waals surface area contributed by atoms with Gasteiger partial charge in [0, 0.05) is 18.8 Å². The molecular formula is C17H23N7S. The van der Waals surface area contributed by atoms with Crippen LogP contribution in [-0.2, 0) is 6.54 Å². The number of anilines is 3. The van der Waals surface area contributed by atoms with E-state index < -0.39 is 0 Å². The van der Waals surface area contributed by atoms with Gasteiger partial charge in [-0.25, -0.2) is 4.98 Å². The Bertz CT molecular complexity index is 863. The number of thiazole rings is 1. The molecule has 7 nitrogen and oxygen atoms in total. The molecular weight excluding hydrogens is 334 g/mol. The summed E-state index contributed by atoms with van der Waals surface area (Å²) in [5.74, 6) is 1.43. The van der Waals surface area contributed by atoms with Gasteiger partial charge in [0.15, 0.2) is 10.6 Å². The predicted molar refractivity (Wildman–Crippen MR) is 102 cm³/mol. The molecule has 2 N–H and O–H groups in total. The van der Waals surface area contributed by atoms with E-state index in [9.17, 15) is 0 Å². The van der Waals surface area contributed by atoms with Crippen molar-refractivity contribution in [1.29, 1.82) is 0 Å². The highest BCUT2D eigenvalue weighted by Gasteiger charge is 2.18. The lowest BCUT2D eigenvalue weighted by Gasteiger charge is -2.23. The first kappa shape index (κ1) is 16.3. The average Bonchev–Trinajstić information content (AvgIpc) is 3.21. The largest absolute Gasteiger partial charge is 0.365 e. The van der Waals surface area contributed by atoms with E-state index in [1.54, 1.807) is 17.5 Å². The summed E-state index contributed by atoms with van der Waals surface area (Å²) < 4.78 is 1.87. The summed E-state index contributed by atoms with van der Waals surface area (Å²) in [4.78, 5) is 14.9. The molecule has 0 spiro atoms. The lowest BCUT2D eigenvalue weighted by Crippen LogP contribution is -2.23. The maximum Gasteiger partial charge on any atom is 0.230 e. The number of nitrogens with one attached hydrogen (secondary N) is 2. The van der Waals surface area contributed by atoms with Crippen molar-refractivity contribution in [3.8, 4) is 0 Å². The number of hydrogen-bond acceptors (Lipinski definition) is 7. The number of rotatable bonds is 5. The molecule has 0 atom stereocenters. The van der Waals surface area contributed by atoms with Gasteiger partial charge >= 0.3 is 0 Å². The first-order valence-corrected chi connectivity index (χ1v) is 9.74. The summed E-state index contributed by atoms with van der Waals surface area (Å²) in [6.45, 7) is 4.91. The average molecular weight is 357 g/mol. The molecule has 25 heavy (non-hydrogen) atoms. The first-order valence-electron chi connectivity index (χ1n) is 8.92. The lowest BCUT2D eigenvalue weighted by atomic mass is 9.95. The van der Waals surface area contributed by atoms with Gasteiger partial charge in [0.2, 0.25) is 5.95 Å². The molecule has 8 heteroatoms. The molecule has 0 aromatic carbocycles. The zero-order valence-corrected chi connectivity index (χ0v) is 15.4. The molecule has 0 aliphatic heterocycles. The van der Waals surface area contributed by atoms with Crippen molar-refractivity contribution in [2.45, 2.75) is 58.5 Å². The number of aromatic nitrogens is 5. The molecule has 3 heterocycles. The van der Waals surface area contributed by atoms with Crippen LogP contribution in [0.5, 0.6) is 0 Å². The van der Waals surface area contributed by atoms with E-state index in [1.807, 2.05) is 17.8 Å². The van der Waals surface area contributed by atoms with E-state index >= 15 is 0 Å². The number of aryl methyl sites for hydroxylation is 2. The van der Waals surface area contributed by atoms with E-state index in [0.717, 1.165) is 33.4 Å². The fourth-order valence-electron chi connectivity index (χ4n) is 3.25. The smallest absolute Gasteiger partial charge is 0.230 e. The van der Waals surface area contributed by atoms with Crippen molar-refractivity contribution in [3.05, 3.63) is 17.4 Å². The summed E-state index contributed by atoms with van der Waals surface area (Å²) in [6, 6.07) is 0.476. The summed E-state index contributed by atoms with van der Waals surface area (Å²) in [7, 11) is 0. The van der Waals surface area contributed by atoms with E-state index in [2.05, 4.69) is 32.6 Å². The van der Waals surface area contributed by atoms with Crippen LogP contribution in [0.1, 0.15) is 44.0 Å². The van der Waals surface area contributed by atoms with Gasteiger partial charge in [-0.15, -0.1) is 0 Å². The van der Waals surface area contributed by atoms with E-state index in [-0.39, 0.29) is 0 Å². The van der Waals surface area contributed by atoms with Gasteiger partial charge < -0.3 is 10.6 Å². The van der Waals surface area contributed by atoms with Crippen LogP contribution in [0, 0.1) is 6.92 Å². The minimum absolute atomic E-state index is 0.476. The minimum Gasteiger partial charge on any atom is -0.365 e. The zero-order valence-electron chi connectivity index (χ0n) is 14.6. The molecule has 0 saturated heterocycles. The quantitative estimate of drug-likeness (QED) is 0.715.